The number of rotatable bonds is 7. The highest BCUT2D eigenvalue weighted by Crippen LogP contribution is 2.20. The number of aryl methyl sites for hydroxylation is 1. The summed E-state index contributed by atoms with van der Waals surface area (Å²) in [5, 5.41) is 10.2. The molecule has 2 N–H and O–H groups in total. The molecule has 7 nitrogen and oxygen atoms in total. The van der Waals surface area contributed by atoms with Crippen LogP contribution in [-0.4, -0.2) is 30.3 Å². The van der Waals surface area contributed by atoms with Gasteiger partial charge in [-0.1, -0.05) is 29.3 Å². The Balaban J connectivity index is 1.58. The SMILES string of the molecule is Cc1ccc(SCC(=O)Nc2ccc(S(=O)(=O)Nc3ccc(Cl)nn3)cc2)cc1. The summed E-state index contributed by atoms with van der Waals surface area (Å²) in [7, 11) is -3.83. The highest BCUT2D eigenvalue weighted by Gasteiger charge is 2.15. The van der Waals surface area contributed by atoms with Crippen LogP contribution in [0.2, 0.25) is 5.15 Å². The molecule has 3 aromatic rings. The second-order valence-electron chi connectivity index (χ2n) is 6.02. The van der Waals surface area contributed by atoms with Crippen molar-refractivity contribution in [3.8, 4) is 0 Å². The molecular formula is C19H17ClN4O3S2. The quantitative estimate of drug-likeness (QED) is 0.530. The average Bonchev–Trinajstić information content (AvgIpc) is 2.70. The summed E-state index contributed by atoms with van der Waals surface area (Å²) >= 11 is 7.06. The highest BCUT2D eigenvalue weighted by atomic mass is 35.5. The molecule has 3 rings (SSSR count). The molecule has 0 bridgehead atoms. The number of thioether (sulfide) groups is 1. The first-order valence-corrected chi connectivity index (χ1v) is 11.3. The van der Waals surface area contributed by atoms with Gasteiger partial charge in [0.05, 0.1) is 10.6 Å². The number of benzene rings is 2. The van der Waals surface area contributed by atoms with E-state index in [1.807, 2.05) is 31.2 Å². The fourth-order valence-corrected chi connectivity index (χ4v) is 4.06. The van der Waals surface area contributed by atoms with Crippen LogP contribution in [0.15, 0.2) is 70.5 Å². The number of halogens is 1. The van der Waals surface area contributed by atoms with Crippen LogP contribution < -0.4 is 10.0 Å². The Bertz CT molecular complexity index is 1090. The zero-order valence-corrected chi connectivity index (χ0v) is 17.7. The Kier molecular flexibility index (Phi) is 6.73. The Labute approximate surface area is 177 Å². The second-order valence-corrected chi connectivity index (χ2v) is 9.14. The normalized spacial score (nSPS) is 11.1. The number of amides is 1. The summed E-state index contributed by atoms with van der Waals surface area (Å²) in [5.74, 6) is 0.126. The van der Waals surface area contributed by atoms with Gasteiger partial charge in [-0.15, -0.1) is 22.0 Å². The Morgan fingerprint density at radius 3 is 2.31 bits per heavy atom. The minimum Gasteiger partial charge on any atom is -0.325 e. The van der Waals surface area contributed by atoms with Gasteiger partial charge < -0.3 is 5.32 Å². The maximum absolute atomic E-state index is 12.4. The summed E-state index contributed by atoms with van der Waals surface area (Å²) in [6.45, 7) is 2.00. The van der Waals surface area contributed by atoms with Crippen molar-refractivity contribution in [1.29, 1.82) is 0 Å². The predicted molar refractivity (Wildman–Crippen MR) is 115 cm³/mol. The van der Waals surface area contributed by atoms with Crippen LogP contribution in [0, 0.1) is 6.92 Å². The summed E-state index contributed by atoms with van der Waals surface area (Å²) < 4.78 is 27.1. The van der Waals surface area contributed by atoms with Gasteiger partial charge in [0.25, 0.3) is 10.0 Å². The molecule has 2 aromatic carbocycles. The third kappa shape index (κ3) is 6.18. The molecule has 0 aliphatic heterocycles. The third-order valence-electron chi connectivity index (χ3n) is 3.71. The Morgan fingerprint density at radius 1 is 1.00 bits per heavy atom. The van der Waals surface area contributed by atoms with Crippen LogP contribution in [0.3, 0.4) is 0 Å². The lowest BCUT2D eigenvalue weighted by Gasteiger charge is -2.09. The molecule has 0 aliphatic rings. The highest BCUT2D eigenvalue weighted by molar-refractivity contribution is 8.00. The van der Waals surface area contributed by atoms with Crippen LogP contribution in [0.1, 0.15) is 5.56 Å². The summed E-state index contributed by atoms with van der Waals surface area (Å²) in [5.41, 5.74) is 1.66. The number of hydrogen-bond acceptors (Lipinski definition) is 6. The number of sulfonamides is 1. The smallest absolute Gasteiger partial charge is 0.263 e. The number of carbonyl (C=O) groups excluding carboxylic acids is 1. The molecule has 0 fully saturated rings. The van der Waals surface area contributed by atoms with Crippen LogP contribution in [-0.2, 0) is 14.8 Å². The molecule has 0 unspecified atom stereocenters. The van der Waals surface area contributed by atoms with Gasteiger partial charge in [-0.2, -0.15) is 0 Å². The van der Waals surface area contributed by atoms with E-state index >= 15 is 0 Å². The number of anilines is 2. The van der Waals surface area contributed by atoms with Crippen molar-refractivity contribution in [2.75, 3.05) is 15.8 Å². The van der Waals surface area contributed by atoms with Crippen molar-refractivity contribution in [3.05, 3.63) is 71.4 Å². The number of aromatic nitrogens is 2. The van der Waals surface area contributed by atoms with Crippen LogP contribution in [0.4, 0.5) is 11.5 Å². The maximum atomic E-state index is 12.4. The standard InChI is InChI=1S/C19H17ClN4O3S2/c1-13-2-6-15(7-3-13)28-12-19(25)21-14-4-8-16(9-5-14)29(26,27)24-18-11-10-17(20)22-23-18/h2-11H,12H2,1H3,(H,21,25)(H,23,24). The van der Waals surface area contributed by atoms with Crippen LogP contribution >= 0.6 is 23.4 Å². The van der Waals surface area contributed by atoms with E-state index in [0.717, 1.165) is 10.5 Å². The van der Waals surface area contributed by atoms with E-state index in [0.29, 0.717) is 5.69 Å². The van der Waals surface area contributed by atoms with E-state index in [9.17, 15) is 13.2 Å². The zero-order chi connectivity index (χ0) is 20.9. The first kappa shape index (κ1) is 21.1. The van der Waals surface area contributed by atoms with Gasteiger partial charge in [-0.25, -0.2) is 8.42 Å². The molecular weight excluding hydrogens is 432 g/mol. The molecule has 0 saturated heterocycles. The molecule has 0 saturated carbocycles. The van der Waals surface area contributed by atoms with E-state index < -0.39 is 10.0 Å². The van der Waals surface area contributed by atoms with Crippen molar-refractivity contribution in [2.24, 2.45) is 0 Å². The second kappa shape index (κ2) is 9.25. The molecule has 0 aliphatic carbocycles. The molecule has 0 radical (unpaired) electrons. The van der Waals surface area contributed by atoms with Gasteiger partial charge in [-0.05, 0) is 55.5 Å². The topological polar surface area (TPSA) is 101 Å². The monoisotopic (exact) mass is 448 g/mol. The molecule has 10 heteroatoms. The molecule has 1 heterocycles. The molecule has 0 spiro atoms. The maximum Gasteiger partial charge on any atom is 0.263 e. The van der Waals surface area contributed by atoms with E-state index in [1.54, 1.807) is 0 Å². The molecule has 29 heavy (non-hydrogen) atoms. The number of carbonyl (C=O) groups is 1. The van der Waals surface area contributed by atoms with Crippen molar-refractivity contribution < 1.29 is 13.2 Å². The van der Waals surface area contributed by atoms with Gasteiger partial charge in [0.2, 0.25) is 5.91 Å². The Morgan fingerprint density at radius 2 is 1.69 bits per heavy atom. The Hall–Kier alpha value is -2.62. The van der Waals surface area contributed by atoms with Gasteiger partial charge in [0, 0.05) is 10.6 Å². The first-order valence-electron chi connectivity index (χ1n) is 8.43. The lowest BCUT2D eigenvalue weighted by molar-refractivity contribution is -0.113. The van der Waals surface area contributed by atoms with Crippen LogP contribution in [0.5, 0.6) is 0 Å². The summed E-state index contributed by atoms with van der Waals surface area (Å²) in [6.07, 6.45) is 0. The van der Waals surface area contributed by atoms with E-state index in [-0.39, 0.29) is 27.5 Å². The number of nitrogens with zero attached hydrogens (tertiary/aromatic N) is 2. The molecule has 1 amide bonds. The predicted octanol–water partition coefficient (Wildman–Crippen LogP) is 3.97. The van der Waals surface area contributed by atoms with E-state index in [4.69, 9.17) is 11.6 Å². The number of hydrogen-bond donors (Lipinski definition) is 2. The van der Waals surface area contributed by atoms with Gasteiger partial charge >= 0.3 is 0 Å². The first-order chi connectivity index (χ1) is 13.8. The van der Waals surface area contributed by atoms with E-state index in [2.05, 4.69) is 20.2 Å². The largest absolute Gasteiger partial charge is 0.325 e. The minimum absolute atomic E-state index is 0.0290. The lowest BCUT2D eigenvalue weighted by Crippen LogP contribution is -2.15. The van der Waals surface area contributed by atoms with Crippen molar-refractivity contribution in [3.63, 3.8) is 0 Å². The number of nitrogens with one attached hydrogen (secondary N) is 2. The van der Waals surface area contributed by atoms with Gasteiger partial charge in [0.1, 0.15) is 0 Å². The van der Waals surface area contributed by atoms with E-state index in [1.165, 1.54) is 48.2 Å². The molecule has 150 valence electrons. The van der Waals surface area contributed by atoms with Gasteiger partial charge in [-0.3, -0.25) is 9.52 Å². The summed E-state index contributed by atoms with van der Waals surface area (Å²) in [4.78, 5) is 13.1. The van der Waals surface area contributed by atoms with Crippen molar-refractivity contribution in [1.82, 2.24) is 10.2 Å². The molecule has 0 atom stereocenters. The molecule has 1 aromatic heterocycles. The third-order valence-corrected chi connectivity index (χ3v) is 6.29. The van der Waals surface area contributed by atoms with Crippen molar-refractivity contribution >= 4 is 50.8 Å². The average molecular weight is 449 g/mol. The minimum atomic E-state index is -3.83. The lowest BCUT2D eigenvalue weighted by atomic mass is 10.2. The fraction of sp³-hybridized carbons (Fsp3) is 0.105. The zero-order valence-electron chi connectivity index (χ0n) is 15.3. The fourth-order valence-electron chi connectivity index (χ4n) is 2.26. The summed E-state index contributed by atoms with van der Waals surface area (Å²) in [6, 6.07) is 16.6. The van der Waals surface area contributed by atoms with Gasteiger partial charge in [0.15, 0.2) is 11.0 Å². The van der Waals surface area contributed by atoms with Crippen LogP contribution in [0.25, 0.3) is 0 Å². The van der Waals surface area contributed by atoms with Crippen molar-refractivity contribution in [2.45, 2.75) is 16.7 Å².